The molecule has 35 heavy (non-hydrogen) atoms. The molecule has 2 amide bonds. The van der Waals surface area contributed by atoms with Crippen LogP contribution in [0.4, 0.5) is 10.1 Å². The second-order valence-electron chi connectivity index (χ2n) is 7.89. The van der Waals surface area contributed by atoms with E-state index >= 15 is 0 Å². The topological polar surface area (TPSA) is 136 Å². The number of amides is 2. The summed E-state index contributed by atoms with van der Waals surface area (Å²) in [6, 6.07) is 12.9. The van der Waals surface area contributed by atoms with E-state index in [9.17, 15) is 14.0 Å². The lowest BCUT2D eigenvalue weighted by atomic mass is 10.1. The molecule has 0 aliphatic heterocycles. The van der Waals surface area contributed by atoms with Gasteiger partial charge in [0, 0.05) is 11.5 Å². The molecule has 10 heteroatoms. The van der Waals surface area contributed by atoms with Crippen molar-refractivity contribution in [2.45, 2.75) is 20.4 Å². The molecule has 0 bridgehead atoms. The maximum Gasteiger partial charge on any atom is 0.267 e. The third-order valence-corrected chi connectivity index (χ3v) is 5.61. The van der Waals surface area contributed by atoms with Crippen LogP contribution in [0, 0.1) is 31.0 Å². The number of halogens is 1. The summed E-state index contributed by atoms with van der Waals surface area (Å²) in [5.74, 6) is -2.14. The Morgan fingerprint density at radius 3 is 2.54 bits per heavy atom. The van der Waals surface area contributed by atoms with Crippen LogP contribution in [0.5, 0.6) is 5.75 Å². The summed E-state index contributed by atoms with van der Waals surface area (Å²) in [6.45, 7) is 4.02. The maximum absolute atomic E-state index is 14.3. The number of ether oxygens (including phenoxy) is 1. The zero-order chi connectivity index (χ0) is 25.3. The number of aromatic nitrogens is 3. The Morgan fingerprint density at radius 2 is 1.91 bits per heavy atom. The third-order valence-electron chi connectivity index (χ3n) is 5.61. The minimum atomic E-state index is -0.847. The molecule has 0 atom stereocenters. The number of hydrogen-bond acceptors (Lipinski definition) is 6. The number of fused-ring (bicyclic) bond motifs is 1. The van der Waals surface area contributed by atoms with Crippen LogP contribution >= 0.6 is 0 Å². The Balaban J connectivity index is 1.71. The number of nitrogens with zero attached hydrogens (tertiary/aromatic N) is 4. The van der Waals surface area contributed by atoms with Crippen LogP contribution in [-0.4, -0.2) is 33.7 Å². The van der Waals surface area contributed by atoms with Crippen LogP contribution in [0.2, 0.25) is 0 Å². The number of methoxy groups -OCH3 is 1. The first-order valence-electron chi connectivity index (χ1n) is 10.5. The first-order valence-corrected chi connectivity index (χ1v) is 10.5. The van der Waals surface area contributed by atoms with Crippen molar-refractivity contribution < 1.29 is 18.7 Å². The molecule has 0 spiro atoms. The smallest absolute Gasteiger partial charge is 0.267 e. The average molecular weight is 472 g/mol. The van der Waals surface area contributed by atoms with Crippen molar-refractivity contribution in [1.29, 1.82) is 5.26 Å². The summed E-state index contributed by atoms with van der Waals surface area (Å²) in [5.41, 5.74) is 8.68. The number of pyridine rings is 1. The van der Waals surface area contributed by atoms with Crippen molar-refractivity contribution in [3.05, 3.63) is 82.1 Å². The second kappa shape index (κ2) is 9.23. The fourth-order valence-corrected chi connectivity index (χ4v) is 3.77. The van der Waals surface area contributed by atoms with Gasteiger partial charge in [-0.1, -0.05) is 12.1 Å². The van der Waals surface area contributed by atoms with Crippen LogP contribution in [0.25, 0.3) is 10.9 Å². The molecular formula is C25H21FN6O3. The van der Waals surface area contributed by atoms with Crippen LogP contribution in [0.15, 0.2) is 42.5 Å². The molecule has 0 unspecified atom stereocenters. The molecule has 0 aliphatic carbocycles. The Hall–Kier alpha value is -4.78. The van der Waals surface area contributed by atoms with Crippen LogP contribution in [0.1, 0.15) is 43.4 Å². The number of carbonyl (C=O) groups excluding carboxylic acids is 2. The van der Waals surface area contributed by atoms with Crippen LogP contribution < -0.4 is 15.8 Å². The predicted molar refractivity (Wildman–Crippen MR) is 127 cm³/mol. The number of primary amides is 1. The molecule has 0 fully saturated rings. The van der Waals surface area contributed by atoms with Gasteiger partial charge in [0.2, 0.25) is 0 Å². The molecule has 0 radical (unpaired) electrons. The minimum absolute atomic E-state index is 0.0669. The molecule has 2 aromatic heterocycles. The number of benzene rings is 2. The summed E-state index contributed by atoms with van der Waals surface area (Å²) < 4.78 is 21.0. The van der Waals surface area contributed by atoms with Crippen LogP contribution in [-0.2, 0) is 6.54 Å². The van der Waals surface area contributed by atoms with E-state index in [1.807, 2.05) is 19.1 Å². The number of anilines is 1. The molecule has 3 N–H and O–H groups in total. The van der Waals surface area contributed by atoms with E-state index in [0.717, 1.165) is 11.6 Å². The number of hydrogen-bond donors (Lipinski definition) is 2. The molecular weight excluding hydrogens is 451 g/mol. The van der Waals surface area contributed by atoms with E-state index < -0.39 is 17.6 Å². The molecule has 176 valence electrons. The van der Waals surface area contributed by atoms with Gasteiger partial charge in [-0.25, -0.2) is 9.37 Å². The van der Waals surface area contributed by atoms with E-state index in [0.29, 0.717) is 34.6 Å². The van der Waals surface area contributed by atoms with Crippen molar-refractivity contribution in [2.24, 2.45) is 5.73 Å². The predicted octanol–water partition coefficient (Wildman–Crippen LogP) is 3.47. The monoisotopic (exact) mass is 472 g/mol. The second-order valence-corrected chi connectivity index (χ2v) is 7.89. The summed E-state index contributed by atoms with van der Waals surface area (Å²) in [7, 11) is 1.31. The normalized spacial score (nSPS) is 10.7. The van der Waals surface area contributed by atoms with Gasteiger partial charge >= 0.3 is 0 Å². The average Bonchev–Trinajstić information content (AvgIpc) is 3.10. The molecule has 0 aliphatic rings. The first kappa shape index (κ1) is 23.4. The van der Waals surface area contributed by atoms with Gasteiger partial charge in [-0.15, -0.1) is 0 Å². The van der Waals surface area contributed by atoms with Crippen molar-refractivity contribution in [3.63, 3.8) is 0 Å². The van der Waals surface area contributed by atoms with Gasteiger partial charge in [-0.05, 0) is 43.7 Å². The number of nitrogens with two attached hydrogens (primary N) is 1. The number of aryl methyl sites for hydroxylation is 1. The fraction of sp³-hybridized carbons (Fsp3) is 0.160. The maximum atomic E-state index is 14.3. The Morgan fingerprint density at radius 1 is 1.20 bits per heavy atom. The van der Waals surface area contributed by atoms with Gasteiger partial charge in [-0.2, -0.15) is 10.4 Å². The number of nitriles is 1. The third kappa shape index (κ3) is 4.52. The molecule has 0 saturated carbocycles. The van der Waals surface area contributed by atoms with Gasteiger partial charge < -0.3 is 15.8 Å². The zero-order valence-electron chi connectivity index (χ0n) is 19.2. The van der Waals surface area contributed by atoms with E-state index in [1.165, 1.54) is 19.2 Å². The fourth-order valence-electron chi connectivity index (χ4n) is 3.77. The summed E-state index contributed by atoms with van der Waals surface area (Å²) in [6.07, 6.45) is 0. The molecule has 4 rings (SSSR count). The van der Waals surface area contributed by atoms with Crippen molar-refractivity contribution >= 4 is 28.4 Å². The van der Waals surface area contributed by atoms with E-state index in [4.69, 9.17) is 15.7 Å². The zero-order valence-corrected chi connectivity index (χ0v) is 19.2. The van der Waals surface area contributed by atoms with E-state index in [-0.39, 0.29) is 22.5 Å². The van der Waals surface area contributed by atoms with E-state index in [2.05, 4.69) is 21.5 Å². The quantitative estimate of drug-likeness (QED) is 0.441. The Labute approximate surface area is 199 Å². The first-order chi connectivity index (χ1) is 16.7. The highest BCUT2D eigenvalue weighted by atomic mass is 19.1. The lowest BCUT2D eigenvalue weighted by Crippen LogP contribution is -2.18. The summed E-state index contributed by atoms with van der Waals surface area (Å²) in [5, 5.41) is 16.6. The van der Waals surface area contributed by atoms with Crippen molar-refractivity contribution in [3.8, 4) is 11.8 Å². The number of rotatable bonds is 6. The highest BCUT2D eigenvalue weighted by molar-refractivity contribution is 6.14. The highest BCUT2D eigenvalue weighted by Crippen LogP contribution is 2.28. The molecule has 2 aromatic carbocycles. The van der Waals surface area contributed by atoms with Crippen molar-refractivity contribution in [2.75, 3.05) is 12.4 Å². The largest absolute Gasteiger partial charge is 0.494 e. The lowest BCUT2D eigenvalue weighted by Gasteiger charge is -2.12. The standard InChI is InChI=1S/C25H21FN6O3/c1-13-23(14(2)32(31-13)12-16-6-4-15(11-27)5-7-16)30-25(34)18-8-21(24(28)33)29-20-10-19(26)22(35-3)9-17(18)20/h4-10H,12H2,1-3H3,(H2,28,33)(H,30,34). The SMILES string of the molecule is COc1cc2c(C(=O)Nc3c(C)nn(Cc4ccc(C#N)cc4)c3C)cc(C(N)=O)nc2cc1F. The molecule has 0 saturated heterocycles. The lowest BCUT2D eigenvalue weighted by molar-refractivity contribution is 0.0996. The Bertz CT molecular complexity index is 1520. The molecule has 4 aromatic rings. The highest BCUT2D eigenvalue weighted by Gasteiger charge is 2.21. The number of carbonyl (C=O) groups is 2. The molecule has 9 nitrogen and oxygen atoms in total. The Kier molecular flexibility index (Phi) is 6.16. The van der Waals surface area contributed by atoms with Gasteiger partial charge in [0.1, 0.15) is 5.69 Å². The van der Waals surface area contributed by atoms with Crippen LogP contribution in [0.3, 0.4) is 0 Å². The molecule has 2 heterocycles. The van der Waals surface area contributed by atoms with Crippen molar-refractivity contribution in [1.82, 2.24) is 14.8 Å². The summed E-state index contributed by atoms with van der Waals surface area (Å²) >= 11 is 0. The van der Waals surface area contributed by atoms with Gasteiger partial charge in [-0.3, -0.25) is 14.3 Å². The van der Waals surface area contributed by atoms with Gasteiger partial charge in [0.15, 0.2) is 11.6 Å². The minimum Gasteiger partial charge on any atom is -0.494 e. The number of nitrogens with one attached hydrogen (secondary N) is 1. The summed E-state index contributed by atoms with van der Waals surface area (Å²) in [4.78, 5) is 29.2. The van der Waals surface area contributed by atoms with E-state index in [1.54, 1.807) is 23.7 Å². The van der Waals surface area contributed by atoms with Gasteiger partial charge in [0.05, 0.1) is 53.4 Å². The van der Waals surface area contributed by atoms with Gasteiger partial charge in [0.25, 0.3) is 11.8 Å².